The average molecular weight is 358 g/mol. The summed E-state index contributed by atoms with van der Waals surface area (Å²) in [4.78, 5) is 12.6. The highest BCUT2D eigenvalue weighted by Crippen LogP contribution is 2.36. The van der Waals surface area contributed by atoms with E-state index in [2.05, 4.69) is 38.2 Å². The number of alkyl carbamates (subject to hydrolysis) is 1. The summed E-state index contributed by atoms with van der Waals surface area (Å²) >= 11 is 0. The van der Waals surface area contributed by atoms with Gasteiger partial charge in [0.05, 0.1) is 6.04 Å². The monoisotopic (exact) mass is 357 g/mol. The summed E-state index contributed by atoms with van der Waals surface area (Å²) in [6, 6.07) is 9.94. The second-order valence-electron chi connectivity index (χ2n) is 7.89. The smallest absolute Gasteiger partial charge is 0.407 e. The molecule has 26 heavy (non-hydrogen) atoms. The van der Waals surface area contributed by atoms with Gasteiger partial charge in [0.25, 0.3) is 0 Å². The minimum Gasteiger partial charge on any atom is -0.445 e. The standard InChI is InChI=1S/C23H35NO2/c1-5-12-21(20-15-10-7-11-16-20)22(17(2)3)26-23(25)24-18(4)19-13-8-6-9-14-19/h5-6,8-9,12-14,17-18,20-22H,7,10-11,15-16H2,1-4H3,(H,24,25)/b12-5-/t18-,21+,22+/m1/s1. The van der Waals surface area contributed by atoms with E-state index in [-0.39, 0.29) is 24.2 Å². The zero-order valence-electron chi connectivity index (χ0n) is 16.8. The van der Waals surface area contributed by atoms with E-state index in [0.717, 1.165) is 5.56 Å². The molecule has 1 amide bonds. The van der Waals surface area contributed by atoms with Crippen LogP contribution in [0.3, 0.4) is 0 Å². The van der Waals surface area contributed by atoms with E-state index < -0.39 is 0 Å². The maximum Gasteiger partial charge on any atom is 0.407 e. The van der Waals surface area contributed by atoms with Crippen molar-refractivity contribution in [2.45, 2.75) is 71.9 Å². The van der Waals surface area contributed by atoms with Crippen LogP contribution in [0.2, 0.25) is 0 Å². The first-order valence-electron chi connectivity index (χ1n) is 10.2. The van der Waals surface area contributed by atoms with Crippen LogP contribution in [0.15, 0.2) is 42.5 Å². The third-order valence-electron chi connectivity index (χ3n) is 5.52. The molecule has 144 valence electrons. The number of hydrogen-bond acceptors (Lipinski definition) is 2. The summed E-state index contributed by atoms with van der Waals surface area (Å²) in [5.74, 6) is 1.21. The van der Waals surface area contributed by atoms with Gasteiger partial charge < -0.3 is 10.1 Å². The van der Waals surface area contributed by atoms with E-state index in [0.29, 0.717) is 11.8 Å². The highest BCUT2D eigenvalue weighted by Gasteiger charge is 2.33. The number of rotatable bonds is 7. The molecule has 0 heterocycles. The topological polar surface area (TPSA) is 38.3 Å². The predicted molar refractivity (Wildman–Crippen MR) is 108 cm³/mol. The third-order valence-corrected chi connectivity index (χ3v) is 5.52. The summed E-state index contributed by atoms with van der Waals surface area (Å²) in [5.41, 5.74) is 1.09. The Bertz CT molecular complexity index is 561. The highest BCUT2D eigenvalue weighted by molar-refractivity contribution is 5.68. The zero-order valence-corrected chi connectivity index (χ0v) is 16.8. The van der Waals surface area contributed by atoms with Crippen LogP contribution in [0, 0.1) is 17.8 Å². The minimum absolute atomic E-state index is 0.0636. The Labute approximate surface area is 159 Å². The maximum atomic E-state index is 12.6. The number of carbonyl (C=O) groups is 1. The second-order valence-corrected chi connectivity index (χ2v) is 7.89. The fourth-order valence-corrected chi connectivity index (χ4v) is 4.09. The van der Waals surface area contributed by atoms with Gasteiger partial charge in [-0.05, 0) is 44.1 Å². The van der Waals surface area contributed by atoms with Crippen LogP contribution >= 0.6 is 0 Å². The maximum absolute atomic E-state index is 12.6. The first-order chi connectivity index (χ1) is 12.5. The summed E-state index contributed by atoms with van der Waals surface area (Å²) in [7, 11) is 0. The molecule has 3 atom stereocenters. The van der Waals surface area contributed by atoms with Gasteiger partial charge in [0.1, 0.15) is 6.10 Å². The number of hydrogen-bond donors (Lipinski definition) is 1. The number of allylic oxidation sites excluding steroid dienone is 1. The van der Waals surface area contributed by atoms with Gasteiger partial charge in [0, 0.05) is 5.92 Å². The molecule has 0 bridgehead atoms. The van der Waals surface area contributed by atoms with Gasteiger partial charge >= 0.3 is 6.09 Å². The van der Waals surface area contributed by atoms with Gasteiger partial charge in [-0.15, -0.1) is 0 Å². The van der Waals surface area contributed by atoms with E-state index in [1.54, 1.807) is 0 Å². The molecule has 0 aliphatic heterocycles. The number of benzene rings is 1. The Morgan fingerprint density at radius 3 is 2.35 bits per heavy atom. The lowest BCUT2D eigenvalue weighted by Crippen LogP contribution is -2.39. The minimum atomic E-state index is -0.314. The van der Waals surface area contributed by atoms with Crippen LogP contribution in [0.5, 0.6) is 0 Å². The van der Waals surface area contributed by atoms with Crippen molar-refractivity contribution in [1.29, 1.82) is 0 Å². The molecule has 1 fully saturated rings. The number of amides is 1. The lowest BCUT2D eigenvalue weighted by molar-refractivity contribution is 0.0206. The van der Waals surface area contributed by atoms with Crippen LogP contribution in [-0.4, -0.2) is 12.2 Å². The summed E-state index contributed by atoms with van der Waals surface area (Å²) in [6.07, 6.45) is 10.4. The fraction of sp³-hybridized carbons (Fsp3) is 0.609. The molecule has 1 aromatic carbocycles. The molecule has 3 heteroatoms. The lowest BCUT2D eigenvalue weighted by Gasteiger charge is -2.36. The van der Waals surface area contributed by atoms with Crippen LogP contribution in [-0.2, 0) is 4.74 Å². The van der Waals surface area contributed by atoms with Gasteiger partial charge in [-0.1, -0.05) is 75.6 Å². The van der Waals surface area contributed by atoms with Crippen molar-refractivity contribution in [2.75, 3.05) is 0 Å². The second kappa shape index (κ2) is 10.4. The molecule has 1 N–H and O–H groups in total. The van der Waals surface area contributed by atoms with Crippen molar-refractivity contribution in [3.8, 4) is 0 Å². The van der Waals surface area contributed by atoms with Crippen molar-refractivity contribution >= 4 is 6.09 Å². The first-order valence-corrected chi connectivity index (χ1v) is 10.2. The molecule has 0 aromatic heterocycles. The number of nitrogens with one attached hydrogen (secondary N) is 1. The molecule has 0 saturated heterocycles. The van der Waals surface area contributed by atoms with Gasteiger partial charge in [-0.25, -0.2) is 4.79 Å². The Balaban J connectivity index is 2.04. The predicted octanol–water partition coefficient (Wildman–Crippen LogP) is 6.27. The van der Waals surface area contributed by atoms with Gasteiger partial charge in [-0.2, -0.15) is 0 Å². The number of carbonyl (C=O) groups excluding carboxylic acids is 1. The Morgan fingerprint density at radius 2 is 1.77 bits per heavy atom. The molecular formula is C23H35NO2. The van der Waals surface area contributed by atoms with E-state index in [4.69, 9.17) is 4.74 Å². The quantitative estimate of drug-likeness (QED) is 0.584. The lowest BCUT2D eigenvalue weighted by atomic mass is 9.75. The van der Waals surface area contributed by atoms with Crippen LogP contribution in [0.25, 0.3) is 0 Å². The molecule has 1 saturated carbocycles. The first kappa shape index (κ1) is 20.5. The molecule has 3 nitrogen and oxygen atoms in total. The zero-order chi connectivity index (χ0) is 18.9. The highest BCUT2D eigenvalue weighted by atomic mass is 16.6. The van der Waals surface area contributed by atoms with Crippen molar-refractivity contribution < 1.29 is 9.53 Å². The third kappa shape index (κ3) is 5.89. The van der Waals surface area contributed by atoms with Gasteiger partial charge in [0.15, 0.2) is 0 Å². The summed E-state index contributed by atoms with van der Waals surface area (Å²) < 4.78 is 5.97. The van der Waals surface area contributed by atoms with E-state index in [9.17, 15) is 4.79 Å². The van der Waals surface area contributed by atoms with Crippen molar-refractivity contribution in [2.24, 2.45) is 17.8 Å². The Hall–Kier alpha value is -1.77. The molecule has 1 aliphatic carbocycles. The average Bonchev–Trinajstić information content (AvgIpc) is 2.65. The fourth-order valence-electron chi connectivity index (χ4n) is 4.09. The molecule has 1 aromatic rings. The van der Waals surface area contributed by atoms with Crippen LogP contribution < -0.4 is 5.32 Å². The van der Waals surface area contributed by atoms with Crippen molar-refractivity contribution in [3.63, 3.8) is 0 Å². The van der Waals surface area contributed by atoms with Gasteiger partial charge in [-0.3, -0.25) is 0 Å². The molecular weight excluding hydrogens is 322 g/mol. The molecule has 0 radical (unpaired) electrons. The molecule has 0 spiro atoms. The Morgan fingerprint density at radius 1 is 1.12 bits per heavy atom. The van der Waals surface area contributed by atoms with E-state index in [1.165, 1.54) is 32.1 Å². The van der Waals surface area contributed by atoms with Gasteiger partial charge in [0.2, 0.25) is 0 Å². The molecule has 2 rings (SSSR count). The van der Waals surface area contributed by atoms with E-state index in [1.807, 2.05) is 37.3 Å². The van der Waals surface area contributed by atoms with Crippen LogP contribution in [0.1, 0.15) is 71.4 Å². The molecule has 1 aliphatic rings. The summed E-state index contributed by atoms with van der Waals surface area (Å²) in [6.45, 7) is 8.35. The normalized spacial score (nSPS) is 19.3. The summed E-state index contributed by atoms with van der Waals surface area (Å²) in [5, 5.41) is 3.00. The molecule has 0 unspecified atom stereocenters. The van der Waals surface area contributed by atoms with Crippen molar-refractivity contribution in [1.82, 2.24) is 5.32 Å². The van der Waals surface area contributed by atoms with Crippen LogP contribution in [0.4, 0.5) is 4.79 Å². The van der Waals surface area contributed by atoms with E-state index >= 15 is 0 Å². The Kier molecular flexibility index (Phi) is 8.21. The SMILES string of the molecule is C/C=C\[C@@H](C1CCCCC1)[C@@H](OC(=O)N[C@H](C)c1ccccc1)C(C)C. The number of ether oxygens (including phenoxy) is 1. The van der Waals surface area contributed by atoms with Crippen molar-refractivity contribution in [3.05, 3.63) is 48.0 Å². The largest absolute Gasteiger partial charge is 0.445 e.